The van der Waals surface area contributed by atoms with E-state index in [2.05, 4.69) is 189 Å². The molecule has 0 aliphatic carbocycles. The lowest BCUT2D eigenvalue weighted by Gasteiger charge is -2.09. The number of hydrogen-bond donors (Lipinski definition) is 4. The molecule has 6 aromatic heterocycles. The van der Waals surface area contributed by atoms with Crippen LogP contribution in [0.5, 0.6) is 0 Å². The molecule has 4 N–H and O–H groups in total. The molecule has 0 fully saturated rings. The Bertz CT molecular complexity index is 4130. The van der Waals surface area contributed by atoms with Gasteiger partial charge in [0.05, 0.1) is 45.6 Å². The quantitative estimate of drug-likeness (QED) is 0.0772. The number of fused-ring (bicyclic) bond motifs is 16. The second kappa shape index (κ2) is 23.1. The molecule has 0 atom stereocenters. The number of hydrogen-bond acceptors (Lipinski definition) is 4. The van der Waals surface area contributed by atoms with E-state index in [1.807, 2.05) is 0 Å². The van der Waals surface area contributed by atoms with Gasteiger partial charge in [-0.25, -0.2) is 19.9 Å². The number of aromatic amines is 4. The van der Waals surface area contributed by atoms with E-state index in [0.717, 1.165) is 207 Å². The molecule has 16 bridgehead atoms. The largest absolute Gasteiger partial charge is 0.355 e. The van der Waals surface area contributed by atoms with E-state index in [-0.39, 0.29) is 0 Å². The molecule has 0 spiro atoms. The van der Waals surface area contributed by atoms with Gasteiger partial charge in [-0.05, 0) is 224 Å². The third-order valence-corrected chi connectivity index (χ3v) is 18.1. The molecule has 0 saturated heterocycles. The summed E-state index contributed by atoms with van der Waals surface area (Å²) in [5, 5.41) is 0. The van der Waals surface area contributed by atoms with E-state index < -0.39 is 0 Å². The zero-order valence-electron chi connectivity index (χ0n) is 50.7. The maximum atomic E-state index is 5.68. The molecule has 1 aromatic carbocycles. The molecule has 81 heavy (non-hydrogen) atoms. The average Bonchev–Trinajstić information content (AvgIpc) is 4.52. The SMILES string of the molecule is CCCCC1=C(C)c2cc3[nH]c(cc4nc(cc5[nH]c(cc1n2)c(CC)c5CC)C(CC)=C4CC)c(-c1c(-c2ccccc2)c2cc4nc(cc5[nH]c(cc6nc(cc1[nH]2)C(CCCC)=C6C)c(CC)c5CC)C(CC)=C4CC)c3C. The molecule has 0 radical (unpaired) electrons. The zero-order chi connectivity index (χ0) is 56.8. The molecule has 8 nitrogen and oxygen atoms in total. The second-order valence-corrected chi connectivity index (χ2v) is 22.7. The first kappa shape index (κ1) is 55.3. The summed E-state index contributed by atoms with van der Waals surface area (Å²) < 4.78 is 0. The molecule has 4 aliphatic heterocycles. The predicted octanol–water partition coefficient (Wildman–Crippen LogP) is 20.5. The lowest BCUT2D eigenvalue weighted by atomic mass is 9.93. The summed E-state index contributed by atoms with van der Waals surface area (Å²) >= 11 is 0. The van der Waals surface area contributed by atoms with Gasteiger partial charge in [0.15, 0.2) is 0 Å². The van der Waals surface area contributed by atoms with E-state index in [9.17, 15) is 0 Å². The molecule has 0 saturated carbocycles. The minimum absolute atomic E-state index is 0.863. The van der Waals surface area contributed by atoms with Crippen molar-refractivity contribution in [2.75, 3.05) is 0 Å². The van der Waals surface area contributed by atoms with Crippen LogP contribution in [-0.4, -0.2) is 39.9 Å². The topological polar surface area (TPSA) is 115 Å². The first-order chi connectivity index (χ1) is 39.4. The number of unbranched alkanes of at least 4 members (excludes halogenated alkanes) is 2. The van der Waals surface area contributed by atoms with Crippen LogP contribution in [0.4, 0.5) is 0 Å². The highest BCUT2D eigenvalue weighted by Crippen LogP contribution is 2.47. The van der Waals surface area contributed by atoms with Gasteiger partial charge >= 0.3 is 0 Å². The number of rotatable bonds is 16. The standard InChI is InChI=1S/C73H84N8/c1-14-24-31-53-41(11)55-33-57-43(13)71(68(76-57)38-64-51(22-9)49(20-7)61(79-64)36-60-47(18-5)48(19-6)63(78-60)37-66(53)74-55)73-70-40-67-54(32-25-15-2)42(12)56(75-67)34-58-45(16-3)46(17-4)59(77-58)35-62-50(21-8)52(23-10)65(80-62)39-69(81-70)72(73)44-29-27-26-28-30-44/h26-30,33-40,76-78,81H,14-25,31-32H2,1-13H3. The fourth-order valence-corrected chi connectivity index (χ4v) is 13.9. The van der Waals surface area contributed by atoms with Gasteiger partial charge in [-0.3, -0.25) is 0 Å². The van der Waals surface area contributed by atoms with Crippen molar-refractivity contribution in [2.45, 2.75) is 180 Å². The Labute approximate surface area is 480 Å². The fourth-order valence-electron chi connectivity index (χ4n) is 13.9. The van der Waals surface area contributed by atoms with Gasteiger partial charge in [0, 0.05) is 60.8 Å². The number of benzene rings is 1. The lowest BCUT2D eigenvalue weighted by Crippen LogP contribution is -1.87. The maximum Gasteiger partial charge on any atom is 0.0693 e. The van der Waals surface area contributed by atoms with Crippen LogP contribution in [0, 0.1) is 6.92 Å². The molecule has 0 unspecified atom stereocenters. The van der Waals surface area contributed by atoms with Gasteiger partial charge in [0.2, 0.25) is 0 Å². The van der Waals surface area contributed by atoms with Gasteiger partial charge in [-0.1, -0.05) is 112 Å². The molecule has 4 aliphatic rings. The van der Waals surface area contributed by atoms with Crippen molar-refractivity contribution in [3.8, 4) is 22.3 Å². The van der Waals surface area contributed by atoms with E-state index in [0.29, 0.717) is 0 Å². The molecular weight excluding hydrogens is 989 g/mol. The van der Waals surface area contributed by atoms with Gasteiger partial charge in [-0.2, -0.15) is 0 Å². The van der Waals surface area contributed by atoms with Crippen LogP contribution < -0.4 is 0 Å². The summed E-state index contributed by atoms with van der Waals surface area (Å²) in [6.45, 7) is 29.7. The summed E-state index contributed by atoms with van der Waals surface area (Å²) in [4.78, 5) is 38.7. The normalized spacial score (nSPS) is 13.7. The van der Waals surface area contributed by atoms with Crippen molar-refractivity contribution < 1.29 is 0 Å². The van der Waals surface area contributed by atoms with Crippen molar-refractivity contribution in [1.29, 1.82) is 0 Å². The van der Waals surface area contributed by atoms with Crippen LogP contribution in [0.25, 0.3) is 111 Å². The monoisotopic (exact) mass is 1070 g/mol. The van der Waals surface area contributed by atoms with Crippen LogP contribution in [0.2, 0.25) is 0 Å². The molecule has 10 heterocycles. The zero-order valence-corrected chi connectivity index (χ0v) is 50.7. The van der Waals surface area contributed by atoms with Crippen LogP contribution in [0.3, 0.4) is 0 Å². The van der Waals surface area contributed by atoms with Crippen molar-refractivity contribution in [1.82, 2.24) is 39.9 Å². The third kappa shape index (κ3) is 9.70. The van der Waals surface area contributed by atoms with E-state index in [1.54, 1.807) is 0 Å². The number of aryl methyl sites for hydroxylation is 5. The molecule has 8 heteroatoms. The lowest BCUT2D eigenvalue weighted by molar-refractivity contribution is 0.824. The number of nitrogens with one attached hydrogen (secondary N) is 4. The summed E-state index contributed by atoms with van der Waals surface area (Å²) in [6.07, 6.45) is 13.5. The van der Waals surface area contributed by atoms with Crippen LogP contribution in [-0.2, 0) is 25.7 Å². The summed E-state index contributed by atoms with van der Waals surface area (Å²) in [7, 11) is 0. The highest BCUT2D eigenvalue weighted by molar-refractivity contribution is 6.10. The number of allylic oxidation sites excluding steroid dienone is 8. The van der Waals surface area contributed by atoms with Crippen LogP contribution in [0.15, 0.2) is 78.9 Å². The Morgan fingerprint density at radius 1 is 0.309 bits per heavy atom. The molecule has 416 valence electrons. The number of aromatic nitrogens is 8. The number of nitrogens with zero attached hydrogens (tertiary/aromatic N) is 4. The predicted molar refractivity (Wildman–Crippen MR) is 347 cm³/mol. The fraction of sp³-hybridized carbons (Fsp3) is 0.370. The van der Waals surface area contributed by atoms with Crippen LogP contribution in [0.1, 0.15) is 221 Å². The molecule has 0 amide bonds. The van der Waals surface area contributed by atoms with Crippen molar-refractivity contribution in [2.24, 2.45) is 0 Å². The van der Waals surface area contributed by atoms with Crippen molar-refractivity contribution >= 4 is 88.7 Å². The number of H-pyrrole nitrogens is 4. The van der Waals surface area contributed by atoms with E-state index in [1.165, 1.54) is 66.8 Å². The Balaban J connectivity index is 1.36. The molecule has 7 aromatic rings. The first-order valence-corrected chi connectivity index (χ1v) is 30.9. The third-order valence-electron chi connectivity index (χ3n) is 18.1. The molecule has 11 rings (SSSR count). The Morgan fingerprint density at radius 2 is 0.617 bits per heavy atom. The first-order valence-electron chi connectivity index (χ1n) is 30.9. The summed E-state index contributed by atoms with van der Waals surface area (Å²) in [5.41, 5.74) is 38.3. The van der Waals surface area contributed by atoms with E-state index >= 15 is 0 Å². The van der Waals surface area contributed by atoms with Gasteiger partial charge in [-0.15, -0.1) is 0 Å². The summed E-state index contributed by atoms with van der Waals surface area (Å²) in [6, 6.07) is 29.8. The van der Waals surface area contributed by atoms with Gasteiger partial charge < -0.3 is 19.9 Å². The minimum Gasteiger partial charge on any atom is -0.355 e. The van der Waals surface area contributed by atoms with Crippen molar-refractivity contribution in [3.63, 3.8) is 0 Å². The Morgan fingerprint density at radius 3 is 1.00 bits per heavy atom. The highest BCUT2D eigenvalue weighted by Gasteiger charge is 2.27. The van der Waals surface area contributed by atoms with Gasteiger partial charge in [0.25, 0.3) is 0 Å². The van der Waals surface area contributed by atoms with Crippen molar-refractivity contribution in [3.05, 3.63) is 152 Å². The van der Waals surface area contributed by atoms with E-state index in [4.69, 9.17) is 19.9 Å². The van der Waals surface area contributed by atoms with Gasteiger partial charge in [0.1, 0.15) is 0 Å². The van der Waals surface area contributed by atoms with Crippen LogP contribution >= 0.6 is 0 Å². The Hall–Kier alpha value is -7.58. The second-order valence-electron chi connectivity index (χ2n) is 22.7. The molecular formula is C73H84N8. The smallest absolute Gasteiger partial charge is 0.0693 e. The summed E-state index contributed by atoms with van der Waals surface area (Å²) in [5.74, 6) is 0. The average molecular weight is 1070 g/mol. The Kier molecular flexibility index (Phi) is 15.8. The highest BCUT2D eigenvalue weighted by atomic mass is 14.8. The maximum absolute atomic E-state index is 5.68. The minimum atomic E-state index is 0.863.